The molecule has 0 amide bonds. The van der Waals surface area contributed by atoms with Crippen LogP contribution in [0, 0.1) is 17.0 Å². The Kier molecular flexibility index (Phi) is 5.25. The Morgan fingerprint density at radius 1 is 1.53 bits per heavy atom. The summed E-state index contributed by atoms with van der Waals surface area (Å²) in [5.41, 5.74) is 0.722. The lowest BCUT2D eigenvalue weighted by Gasteiger charge is -2.22. The number of aryl methyl sites for hydroxylation is 1. The second-order valence-electron chi connectivity index (χ2n) is 4.01. The average molecular weight is 268 g/mol. The second kappa shape index (κ2) is 6.69. The Morgan fingerprint density at radius 3 is 2.74 bits per heavy atom. The summed E-state index contributed by atoms with van der Waals surface area (Å²) in [7, 11) is 1.49. The van der Waals surface area contributed by atoms with E-state index in [1.54, 1.807) is 25.1 Å². The summed E-state index contributed by atoms with van der Waals surface area (Å²) in [5, 5.41) is 20.0. The van der Waals surface area contributed by atoms with Gasteiger partial charge in [0.2, 0.25) is 0 Å². The maximum Gasteiger partial charge on any atom is 0.323 e. The topological polar surface area (TPSA) is 92.9 Å². The fourth-order valence-electron chi connectivity index (χ4n) is 1.79. The van der Waals surface area contributed by atoms with E-state index in [0.29, 0.717) is 17.9 Å². The van der Waals surface area contributed by atoms with Crippen LogP contribution in [0.2, 0.25) is 0 Å². The third kappa shape index (κ3) is 3.92. The number of para-hydroxylation sites is 1. The van der Waals surface area contributed by atoms with Gasteiger partial charge < -0.3 is 14.7 Å². The van der Waals surface area contributed by atoms with E-state index in [1.165, 1.54) is 12.0 Å². The first-order valence-electron chi connectivity index (χ1n) is 5.67. The third-order valence-corrected chi connectivity index (χ3v) is 2.63. The van der Waals surface area contributed by atoms with E-state index >= 15 is 0 Å². The summed E-state index contributed by atoms with van der Waals surface area (Å²) in [4.78, 5) is 22.9. The number of ether oxygens (including phenoxy) is 1. The minimum absolute atomic E-state index is 0.0696. The van der Waals surface area contributed by atoms with Crippen LogP contribution in [0.1, 0.15) is 5.56 Å². The molecule has 0 aliphatic heterocycles. The van der Waals surface area contributed by atoms with E-state index in [9.17, 15) is 14.9 Å². The molecular weight excluding hydrogens is 252 g/mol. The van der Waals surface area contributed by atoms with Crippen LogP contribution in [0.5, 0.6) is 0 Å². The van der Waals surface area contributed by atoms with Crippen molar-refractivity contribution < 1.29 is 19.6 Å². The van der Waals surface area contributed by atoms with Gasteiger partial charge in [-0.15, -0.1) is 0 Å². The summed E-state index contributed by atoms with van der Waals surface area (Å²) in [6, 6.07) is 4.83. The highest BCUT2D eigenvalue weighted by molar-refractivity contribution is 5.77. The van der Waals surface area contributed by atoms with Crippen LogP contribution in [0.3, 0.4) is 0 Å². The van der Waals surface area contributed by atoms with E-state index in [1.807, 2.05) is 0 Å². The lowest BCUT2D eigenvalue weighted by atomic mass is 10.1. The van der Waals surface area contributed by atoms with Crippen molar-refractivity contribution in [3.63, 3.8) is 0 Å². The number of carboxylic acids is 1. The summed E-state index contributed by atoms with van der Waals surface area (Å²) < 4.78 is 4.90. The van der Waals surface area contributed by atoms with Crippen molar-refractivity contribution in [3.05, 3.63) is 33.9 Å². The SMILES string of the molecule is COCCN(CC(=O)O)c1cccc(C)c1[N+](=O)[O-]. The molecule has 1 aromatic carbocycles. The normalized spacial score (nSPS) is 10.2. The Labute approximate surface area is 110 Å². The summed E-state index contributed by atoms with van der Waals surface area (Å²) >= 11 is 0. The van der Waals surface area contributed by atoms with E-state index in [2.05, 4.69) is 0 Å². The van der Waals surface area contributed by atoms with Crippen LogP contribution < -0.4 is 4.90 Å². The average Bonchev–Trinajstić information content (AvgIpc) is 2.33. The van der Waals surface area contributed by atoms with Crippen molar-refractivity contribution in [1.82, 2.24) is 0 Å². The van der Waals surface area contributed by atoms with Crippen LogP contribution in [0.15, 0.2) is 18.2 Å². The van der Waals surface area contributed by atoms with Gasteiger partial charge in [0.05, 0.1) is 11.5 Å². The Balaban J connectivity index is 3.16. The molecule has 0 saturated carbocycles. The maximum atomic E-state index is 11.1. The Hall–Kier alpha value is -2.15. The third-order valence-electron chi connectivity index (χ3n) is 2.63. The van der Waals surface area contributed by atoms with Gasteiger partial charge in [-0.2, -0.15) is 0 Å². The maximum absolute atomic E-state index is 11.1. The standard InChI is InChI=1S/C12H16N2O5/c1-9-4-3-5-10(12(9)14(17)18)13(6-7-19-2)8-11(15)16/h3-5H,6-8H2,1-2H3,(H,15,16). The van der Waals surface area contributed by atoms with Crippen LogP contribution in [0.4, 0.5) is 11.4 Å². The monoisotopic (exact) mass is 268 g/mol. The number of hydrogen-bond acceptors (Lipinski definition) is 5. The van der Waals surface area contributed by atoms with Crippen molar-refractivity contribution in [1.29, 1.82) is 0 Å². The molecule has 0 unspecified atom stereocenters. The molecule has 0 aliphatic carbocycles. The molecule has 7 heteroatoms. The van der Waals surface area contributed by atoms with Crippen LogP contribution in [0.25, 0.3) is 0 Å². The fraction of sp³-hybridized carbons (Fsp3) is 0.417. The first-order chi connectivity index (χ1) is 8.97. The van der Waals surface area contributed by atoms with Crippen LogP contribution in [-0.4, -0.2) is 42.8 Å². The number of anilines is 1. The fourth-order valence-corrected chi connectivity index (χ4v) is 1.79. The number of nitrogens with zero attached hydrogens (tertiary/aromatic N) is 2. The first-order valence-corrected chi connectivity index (χ1v) is 5.67. The lowest BCUT2D eigenvalue weighted by molar-refractivity contribution is -0.384. The van der Waals surface area contributed by atoms with E-state index < -0.39 is 10.9 Å². The van der Waals surface area contributed by atoms with Gasteiger partial charge in [-0.1, -0.05) is 12.1 Å². The summed E-state index contributed by atoms with van der Waals surface area (Å²) in [5.74, 6) is -1.05. The van der Waals surface area contributed by atoms with Gasteiger partial charge in [-0.05, 0) is 13.0 Å². The van der Waals surface area contributed by atoms with E-state index in [-0.39, 0.29) is 18.8 Å². The number of rotatable bonds is 7. The molecule has 0 fully saturated rings. The molecule has 0 atom stereocenters. The molecule has 0 radical (unpaired) electrons. The minimum Gasteiger partial charge on any atom is -0.480 e. The number of aliphatic carboxylic acids is 1. The van der Waals surface area contributed by atoms with Crippen molar-refractivity contribution >= 4 is 17.3 Å². The zero-order chi connectivity index (χ0) is 14.4. The minimum atomic E-state index is -1.05. The molecule has 0 aromatic heterocycles. The number of nitro benzene ring substituents is 1. The second-order valence-corrected chi connectivity index (χ2v) is 4.01. The van der Waals surface area contributed by atoms with Gasteiger partial charge in [0.15, 0.2) is 0 Å². The lowest BCUT2D eigenvalue weighted by Crippen LogP contribution is -2.33. The smallest absolute Gasteiger partial charge is 0.323 e. The largest absolute Gasteiger partial charge is 0.480 e. The van der Waals surface area contributed by atoms with Gasteiger partial charge >= 0.3 is 5.97 Å². The Morgan fingerprint density at radius 2 is 2.21 bits per heavy atom. The molecule has 1 N–H and O–H groups in total. The molecule has 19 heavy (non-hydrogen) atoms. The molecule has 104 valence electrons. The van der Waals surface area contributed by atoms with Crippen molar-refractivity contribution in [2.75, 3.05) is 31.7 Å². The molecular formula is C12H16N2O5. The summed E-state index contributed by atoms with van der Waals surface area (Å²) in [6.45, 7) is 1.87. The molecule has 0 saturated heterocycles. The van der Waals surface area contributed by atoms with Crippen LogP contribution in [-0.2, 0) is 9.53 Å². The predicted molar refractivity (Wildman–Crippen MR) is 69.6 cm³/mol. The van der Waals surface area contributed by atoms with Gasteiger partial charge in [0.1, 0.15) is 12.2 Å². The Bertz CT molecular complexity index is 475. The number of hydrogen-bond donors (Lipinski definition) is 1. The zero-order valence-corrected chi connectivity index (χ0v) is 10.8. The van der Waals surface area contributed by atoms with Crippen molar-refractivity contribution in [2.45, 2.75) is 6.92 Å². The number of benzene rings is 1. The number of methoxy groups -OCH3 is 1. The number of nitro groups is 1. The highest BCUT2D eigenvalue weighted by Crippen LogP contribution is 2.31. The van der Waals surface area contributed by atoms with E-state index in [0.717, 1.165) is 0 Å². The molecule has 0 spiro atoms. The first kappa shape index (κ1) is 14.9. The highest BCUT2D eigenvalue weighted by atomic mass is 16.6. The van der Waals surface area contributed by atoms with Gasteiger partial charge in [0.25, 0.3) is 5.69 Å². The van der Waals surface area contributed by atoms with Crippen molar-refractivity contribution in [3.8, 4) is 0 Å². The molecule has 0 bridgehead atoms. The molecule has 1 rings (SSSR count). The quantitative estimate of drug-likeness (QED) is 0.594. The molecule has 0 heterocycles. The van der Waals surface area contributed by atoms with Gasteiger partial charge in [-0.3, -0.25) is 14.9 Å². The van der Waals surface area contributed by atoms with Crippen molar-refractivity contribution in [2.24, 2.45) is 0 Å². The van der Waals surface area contributed by atoms with Gasteiger partial charge in [0, 0.05) is 19.2 Å². The zero-order valence-electron chi connectivity index (χ0n) is 10.8. The predicted octanol–water partition coefficient (Wildman–Crippen LogP) is 1.44. The molecule has 0 aliphatic rings. The number of carboxylic acid groups (broad SMARTS) is 1. The van der Waals surface area contributed by atoms with Gasteiger partial charge in [-0.25, -0.2) is 0 Å². The van der Waals surface area contributed by atoms with Crippen LogP contribution >= 0.6 is 0 Å². The number of carbonyl (C=O) groups is 1. The van der Waals surface area contributed by atoms with E-state index in [4.69, 9.17) is 9.84 Å². The highest BCUT2D eigenvalue weighted by Gasteiger charge is 2.22. The summed E-state index contributed by atoms with van der Waals surface area (Å²) in [6.07, 6.45) is 0. The molecule has 7 nitrogen and oxygen atoms in total. The molecule has 1 aromatic rings.